The van der Waals surface area contributed by atoms with Crippen LogP contribution in [-0.4, -0.2) is 20.2 Å². The second-order valence-corrected chi connectivity index (χ2v) is 7.56. The number of hydrogen-bond acceptors (Lipinski definition) is 5. The maximum absolute atomic E-state index is 11.9. The molecule has 0 unspecified atom stereocenters. The monoisotopic (exact) mass is 377 g/mol. The summed E-state index contributed by atoms with van der Waals surface area (Å²) < 4.78 is 0.474. The highest BCUT2D eigenvalue weighted by atomic mass is 32.2. The largest absolute Gasteiger partial charge is 0.307 e. The fourth-order valence-electron chi connectivity index (χ4n) is 2.87. The summed E-state index contributed by atoms with van der Waals surface area (Å²) in [6, 6.07) is 16.0. The van der Waals surface area contributed by atoms with Gasteiger partial charge in [0.05, 0.1) is 27.5 Å². The van der Waals surface area contributed by atoms with Crippen molar-refractivity contribution in [1.82, 2.24) is 15.3 Å². The molecule has 0 spiro atoms. The van der Waals surface area contributed by atoms with E-state index in [0.717, 1.165) is 34.3 Å². The molecule has 2 aromatic heterocycles. The summed E-state index contributed by atoms with van der Waals surface area (Å²) in [5, 5.41) is 3.74. The van der Waals surface area contributed by atoms with Crippen LogP contribution in [0.2, 0.25) is 0 Å². The maximum Gasteiger partial charge on any atom is 0.263 e. The molecule has 3 aromatic rings. The van der Waals surface area contributed by atoms with Crippen LogP contribution in [0.1, 0.15) is 18.2 Å². The fraction of sp³-hybridized carbons (Fsp3) is 0.100. The average molecular weight is 377 g/mol. The third-order valence-electron chi connectivity index (χ3n) is 4.12. The molecule has 4 nitrogen and oxygen atoms in total. The second kappa shape index (κ2) is 6.97. The quantitative estimate of drug-likeness (QED) is 0.543. The molecule has 0 atom stereocenters. The van der Waals surface area contributed by atoms with Crippen molar-refractivity contribution in [3.05, 3.63) is 64.7 Å². The predicted molar refractivity (Wildman–Crippen MR) is 111 cm³/mol. The molecule has 6 heteroatoms. The number of para-hydroxylation sites is 1. The SMILES string of the molecule is CCc1cc2ccccc2nc1-c1cccc(/C=C2\SC(=S)NC2=O)n1. The number of thioether (sulfide) groups is 1. The molecule has 1 aliphatic heterocycles. The number of hydrogen-bond donors (Lipinski definition) is 1. The first-order valence-corrected chi connectivity index (χ1v) is 9.47. The smallest absolute Gasteiger partial charge is 0.263 e. The maximum atomic E-state index is 11.9. The Hall–Kier alpha value is -2.57. The molecule has 0 radical (unpaired) electrons. The van der Waals surface area contributed by atoms with Crippen molar-refractivity contribution in [2.45, 2.75) is 13.3 Å². The molecule has 3 heterocycles. The summed E-state index contributed by atoms with van der Waals surface area (Å²) in [4.78, 5) is 22.0. The van der Waals surface area contributed by atoms with Crippen molar-refractivity contribution in [1.29, 1.82) is 0 Å². The van der Waals surface area contributed by atoms with Crippen LogP contribution in [0.4, 0.5) is 0 Å². The number of thiocarbonyl (C=S) groups is 1. The van der Waals surface area contributed by atoms with Crippen molar-refractivity contribution < 1.29 is 4.79 Å². The van der Waals surface area contributed by atoms with Crippen molar-refractivity contribution in [2.75, 3.05) is 0 Å². The molecule has 26 heavy (non-hydrogen) atoms. The lowest BCUT2D eigenvalue weighted by Crippen LogP contribution is -2.17. The summed E-state index contributed by atoms with van der Waals surface area (Å²) in [6.45, 7) is 2.11. The highest BCUT2D eigenvalue weighted by Crippen LogP contribution is 2.28. The van der Waals surface area contributed by atoms with E-state index in [4.69, 9.17) is 22.2 Å². The lowest BCUT2D eigenvalue weighted by Gasteiger charge is -2.09. The summed E-state index contributed by atoms with van der Waals surface area (Å²) in [5.74, 6) is -0.176. The van der Waals surface area contributed by atoms with E-state index in [1.807, 2.05) is 36.4 Å². The van der Waals surface area contributed by atoms with E-state index in [1.54, 1.807) is 6.08 Å². The summed E-state index contributed by atoms with van der Waals surface area (Å²) in [5.41, 5.74) is 4.48. The van der Waals surface area contributed by atoms with Gasteiger partial charge in [0.1, 0.15) is 4.32 Å². The molecule has 1 saturated heterocycles. The Kier molecular flexibility index (Phi) is 4.53. The number of amides is 1. The van der Waals surface area contributed by atoms with E-state index >= 15 is 0 Å². The first-order valence-electron chi connectivity index (χ1n) is 8.25. The van der Waals surface area contributed by atoms with Gasteiger partial charge in [0.25, 0.3) is 5.91 Å². The van der Waals surface area contributed by atoms with E-state index in [9.17, 15) is 4.79 Å². The van der Waals surface area contributed by atoms with Crippen LogP contribution < -0.4 is 5.32 Å². The normalized spacial score (nSPS) is 15.7. The van der Waals surface area contributed by atoms with Crippen LogP contribution in [0.5, 0.6) is 0 Å². The van der Waals surface area contributed by atoms with Crippen LogP contribution in [0.3, 0.4) is 0 Å². The van der Waals surface area contributed by atoms with Crippen LogP contribution in [-0.2, 0) is 11.2 Å². The number of aromatic nitrogens is 2. The van der Waals surface area contributed by atoms with Gasteiger partial charge in [-0.25, -0.2) is 9.97 Å². The van der Waals surface area contributed by atoms with Gasteiger partial charge in [0.15, 0.2) is 0 Å². The molecular formula is C20H15N3OS2. The van der Waals surface area contributed by atoms with Crippen LogP contribution in [0.15, 0.2) is 53.4 Å². The van der Waals surface area contributed by atoms with Crippen molar-refractivity contribution in [3.63, 3.8) is 0 Å². The number of rotatable bonds is 3. The summed E-state index contributed by atoms with van der Waals surface area (Å²) in [6.07, 6.45) is 2.63. The molecule has 4 rings (SSSR count). The first-order chi connectivity index (χ1) is 12.6. The predicted octanol–water partition coefficient (Wildman–Crippen LogP) is 4.35. The fourth-order valence-corrected chi connectivity index (χ4v) is 3.90. The van der Waals surface area contributed by atoms with E-state index in [0.29, 0.717) is 14.9 Å². The first kappa shape index (κ1) is 16.9. The molecule has 0 bridgehead atoms. The van der Waals surface area contributed by atoms with Gasteiger partial charge in [-0.15, -0.1) is 0 Å². The third-order valence-corrected chi connectivity index (χ3v) is 5.28. The van der Waals surface area contributed by atoms with Gasteiger partial charge < -0.3 is 5.32 Å². The Bertz CT molecular complexity index is 1080. The van der Waals surface area contributed by atoms with Crippen LogP contribution in [0, 0.1) is 0 Å². The lowest BCUT2D eigenvalue weighted by atomic mass is 10.0. The standard InChI is InChI=1S/C20H15N3OS2/c1-2-12-10-13-6-3-4-8-15(13)22-18(12)16-9-5-7-14(21-16)11-17-19(24)23-20(25)26-17/h3-11H,2H2,1H3,(H,23,24,25)/b17-11-. The Labute approximate surface area is 160 Å². The lowest BCUT2D eigenvalue weighted by molar-refractivity contribution is -0.115. The Morgan fingerprint density at radius 1 is 1.15 bits per heavy atom. The molecule has 1 aromatic carbocycles. The van der Waals surface area contributed by atoms with Gasteiger partial charge >= 0.3 is 0 Å². The third kappa shape index (κ3) is 3.25. The molecule has 1 fully saturated rings. The zero-order valence-corrected chi connectivity index (χ0v) is 15.7. The Balaban J connectivity index is 1.79. The molecule has 1 N–H and O–H groups in total. The van der Waals surface area contributed by atoms with E-state index in [1.165, 1.54) is 11.8 Å². The molecular weight excluding hydrogens is 362 g/mol. The number of aryl methyl sites for hydroxylation is 1. The van der Waals surface area contributed by atoms with Gasteiger partial charge in [0.2, 0.25) is 0 Å². The van der Waals surface area contributed by atoms with E-state index in [-0.39, 0.29) is 5.91 Å². The number of nitrogens with one attached hydrogen (secondary N) is 1. The number of fused-ring (bicyclic) bond motifs is 1. The molecule has 1 amide bonds. The zero-order valence-electron chi connectivity index (χ0n) is 14.0. The van der Waals surface area contributed by atoms with Gasteiger partial charge in [-0.05, 0) is 42.3 Å². The Morgan fingerprint density at radius 3 is 2.77 bits per heavy atom. The minimum absolute atomic E-state index is 0.176. The van der Waals surface area contributed by atoms with Crippen LogP contribution in [0.25, 0.3) is 28.4 Å². The van der Waals surface area contributed by atoms with Gasteiger partial charge in [0, 0.05) is 5.39 Å². The molecule has 0 saturated carbocycles. The molecule has 128 valence electrons. The van der Waals surface area contributed by atoms with Crippen LogP contribution >= 0.6 is 24.0 Å². The average Bonchev–Trinajstić information content (AvgIpc) is 2.97. The van der Waals surface area contributed by atoms with Crippen molar-refractivity contribution in [2.24, 2.45) is 0 Å². The number of nitrogens with zero attached hydrogens (tertiary/aromatic N) is 2. The highest BCUT2D eigenvalue weighted by Gasteiger charge is 2.22. The van der Waals surface area contributed by atoms with Gasteiger partial charge in [-0.1, -0.05) is 55.2 Å². The number of pyridine rings is 2. The number of benzene rings is 1. The number of carbonyl (C=O) groups is 1. The molecule has 1 aliphatic rings. The number of carbonyl (C=O) groups excluding carboxylic acids is 1. The van der Waals surface area contributed by atoms with Gasteiger partial charge in [-0.3, -0.25) is 4.79 Å². The minimum atomic E-state index is -0.176. The molecule has 0 aliphatic carbocycles. The van der Waals surface area contributed by atoms with E-state index < -0.39 is 0 Å². The summed E-state index contributed by atoms with van der Waals surface area (Å²) in [7, 11) is 0. The minimum Gasteiger partial charge on any atom is -0.307 e. The van der Waals surface area contributed by atoms with E-state index in [2.05, 4.69) is 24.4 Å². The Morgan fingerprint density at radius 2 is 2.00 bits per heavy atom. The van der Waals surface area contributed by atoms with Gasteiger partial charge in [-0.2, -0.15) is 0 Å². The highest BCUT2D eigenvalue weighted by molar-refractivity contribution is 8.26. The topological polar surface area (TPSA) is 54.9 Å². The zero-order chi connectivity index (χ0) is 18.1. The van der Waals surface area contributed by atoms with Crippen molar-refractivity contribution in [3.8, 4) is 11.4 Å². The summed E-state index contributed by atoms with van der Waals surface area (Å²) >= 11 is 6.29. The van der Waals surface area contributed by atoms with Crippen molar-refractivity contribution >= 4 is 51.2 Å². The second-order valence-electron chi connectivity index (χ2n) is 5.84.